The molecule has 0 radical (unpaired) electrons. The Morgan fingerprint density at radius 3 is 2.71 bits per heavy atom. The Bertz CT molecular complexity index is 448. The van der Waals surface area contributed by atoms with Gasteiger partial charge in [0.1, 0.15) is 11.6 Å². The van der Waals surface area contributed by atoms with Crippen molar-refractivity contribution in [3.63, 3.8) is 0 Å². The SMILES string of the molecule is Cc1nc(C)n(-c2nc(CCl)cs2)n1. The lowest BCUT2D eigenvalue weighted by Crippen LogP contribution is -1.98. The summed E-state index contributed by atoms with van der Waals surface area (Å²) in [6.45, 7) is 3.77. The lowest BCUT2D eigenvalue weighted by atomic mass is 10.6. The van der Waals surface area contributed by atoms with Crippen LogP contribution in [-0.4, -0.2) is 19.7 Å². The maximum atomic E-state index is 5.67. The van der Waals surface area contributed by atoms with Gasteiger partial charge < -0.3 is 0 Å². The quantitative estimate of drug-likeness (QED) is 0.740. The Kier molecular flexibility index (Phi) is 2.52. The number of alkyl halides is 1. The van der Waals surface area contributed by atoms with E-state index in [4.69, 9.17) is 11.6 Å². The number of thiazole rings is 1. The van der Waals surface area contributed by atoms with Crippen molar-refractivity contribution in [1.82, 2.24) is 19.7 Å². The summed E-state index contributed by atoms with van der Waals surface area (Å²) >= 11 is 7.19. The van der Waals surface area contributed by atoms with Gasteiger partial charge in [0.2, 0.25) is 5.13 Å². The van der Waals surface area contributed by atoms with Gasteiger partial charge in [0.15, 0.2) is 0 Å². The zero-order valence-electron chi connectivity index (χ0n) is 7.86. The van der Waals surface area contributed by atoms with Crippen molar-refractivity contribution in [3.05, 3.63) is 22.7 Å². The van der Waals surface area contributed by atoms with Crippen molar-refractivity contribution in [1.29, 1.82) is 0 Å². The summed E-state index contributed by atoms with van der Waals surface area (Å²) in [6.07, 6.45) is 0. The molecule has 74 valence electrons. The maximum absolute atomic E-state index is 5.67. The van der Waals surface area contributed by atoms with Crippen LogP contribution in [0.25, 0.3) is 5.13 Å². The van der Waals surface area contributed by atoms with Crippen molar-refractivity contribution < 1.29 is 0 Å². The standard InChI is InChI=1S/C8H9ClN4S/c1-5-10-6(2)13(12-5)8-11-7(3-9)4-14-8/h4H,3H2,1-2H3. The molecule has 2 rings (SSSR count). The van der Waals surface area contributed by atoms with Gasteiger partial charge >= 0.3 is 0 Å². The molecule has 0 saturated heterocycles. The van der Waals surface area contributed by atoms with Crippen LogP contribution in [0.4, 0.5) is 0 Å². The molecule has 0 bridgehead atoms. The lowest BCUT2D eigenvalue weighted by Gasteiger charge is -1.94. The molecule has 0 fully saturated rings. The second kappa shape index (κ2) is 3.67. The zero-order chi connectivity index (χ0) is 10.1. The molecule has 0 aliphatic rings. The number of aryl methyl sites for hydroxylation is 2. The Morgan fingerprint density at radius 2 is 2.21 bits per heavy atom. The highest BCUT2D eigenvalue weighted by Crippen LogP contribution is 2.16. The zero-order valence-corrected chi connectivity index (χ0v) is 9.43. The highest BCUT2D eigenvalue weighted by Gasteiger charge is 2.08. The van der Waals surface area contributed by atoms with Gasteiger partial charge in [-0.2, -0.15) is 4.68 Å². The second-order valence-corrected chi connectivity index (χ2v) is 3.98. The van der Waals surface area contributed by atoms with Crippen molar-refractivity contribution in [2.24, 2.45) is 0 Å². The first-order valence-electron chi connectivity index (χ1n) is 4.11. The van der Waals surface area contributed by atoms with E-state index in [9.17, 15) is 0 Å². The van der Waals surface area contributed by atoms with Crippen molar-refractivity contribution >= 4 is 22.9 Å². The molecule has 6 heteroatoms. The third kappa shape index (κ3) is 1.65. The van der Waals surface area contributed by atoms with Crippen molar-refractivity contribution in [2.75, 3.05) is 0 Å². The fourth-order valence-corrected chi connectivity index (χ4v) is 2.21. The first kappa shape index (κ1) is 9.61. The number of hydrogen-bond donors (Lipinski definition) is 0. The smallest absolute Gasteiger partial charge is 0.212 e. The topological polar surface area (TPSA) is 43.6 Å². The summed E-state index contributed by atoms with van der Waals surface area (Å²) in [6, 6.07) is 0. The van der Waals surface area contributed by atoms with E-state index >= 15 is 0 Å². The van der Waals surface area contributed by atoms with Gasteiger partial charge in [0.05, 0.1) is 11.6 Å². The molecule has 4 nitrogen and oxygen atoms in total. The second-order valence-electron chi connectivity index (χ2n) is 2.87. The molecular weight excluding hydrogens is 220 g/mol. The first-order valence-corrected chi connectivity index (χ1v) is 5.53. The normalized spacial score (nSPS) is 10.8. The number of nitrogens with zero attached hydrogens (tertiary/aromatic N) is 4. The Morgan fingerprint density at radius 1 is 1.43 bits per heavy atom. The lowest BCUT2D eigenvalue weighted by molar-refractivity contribution is 0.819. The molecule has 0 unspecified atom stereocenters. The van der Waals surface area contributed by atoms with Crippen LogP contribution < -0.4 is 0 Å². The molecule has 0 amide bonds. The molecule has 2 heterocycles. The number of rotatable bonds is 2. The van der Waals surface area contributed by atoms with E-state index < -0.39 is 0 Å². The highest BCUT2D eigenvalue weighted by molar-refractivity contribution is 7.12. The molecule has 0 atom stereocenters. The number of hydrogen-bond acceptors (Lipinski definition) is 4. The maximum Gasteiger partial charge on any atom is 0.212 e. The molecule has 2 aromatic heterocycles. The summed E-state index contributed by atoms with van der Waals surface area (Å²) in [5.74, 6) is 2.03. The van der Waals surface area contributed by atoms with Crippen LogP contribution >= 0.6 is 22.9 Å². The molecule has 0 aliphatic heterocycles. The number of aromatic nitrogens is 4. The summed E-state index contributed by atoms with van der Waals surface area (Å²) in [5.41, 5.74) is 0.874. The Balaban J connectivity index is 2.43. The van der Waals surface area contributed by atoms with E-state index in [0.717, 1.165) is 22.5 Å². The Hall–Kier alpha value is -0.940. The van der Waals surface area contributed by atoms with Crippen molar-refractivity contribution in [2.45, 2.75) is 19.7 Å². The number of halogens is 1. The fourth-order valence-electron chi connectivity index (χ4n) is 1.16. The molecule has 0 spiro atoms. The minimum absolute atomic E-state index is 0.434. The van der Waals surface area contributed by atoms with Crippen LogP contribution in [0.3, 0.4) is 0 Å². The minimum atomic E-state index is 0.434. The van der Waals surface area contributed by atoms with Crippen molar-refractivity contribution in [3.8, 4) is 5.13 Å². The van der Waals surface area contributed by atoms with Crippen LogP contribution in [0.15, 0.2) is 5.38 Å². The van der Waals surface area contributed by atoms with Gasteiger partial charge in [0, 0.05) is 5.38 Å². The largest absolute Gasteiger partial charge is 0.222 e. The van der Waals surface area contributed by atoms with Gasteiger partial charge in [-0.1, -0.05) is 0 Å². The molecular formula is C8H9ClN4S. The average Bonchev–Trinajstić information content (AvgIpc) is 2.71. The van der Waals surface area contributed by atoms with Gasteiger partial charge in [-0.15, -0.1) is 28.0 Å². The molecule has 2 aromatic rings. The van der Waals surface area contributed by atoms with Crippen LogP contribution in [0.2, 0.25) is 0 Å². The van der Waals surface area contributed by atoms with Crippen LogP contribution in [0.1, 0.15) is 17.3 Å². The van der Waals surface area contributed by atoms with E-state index in [0.29, 0.717) is 5.88 Å². The summed E-state index contributed by atoms with van der Waals surface area (Å²) in [7, 11) is 0. The fraction of sp³-hybridized carbons (Fsp3) is 0.375. The van der Waals surface area contributed by atoms with Crippen LogP contribution in [-0.2, 0) is 5.88 Å². The summed E-state index contributed by atoms with van der Waals surface area (Å²) in [5, 5.41) is 6.99. The van der Waals surface area contributed by atoms with Crippen LogP contribution in [0.5, 0.6) is 0 Å². The van der Waals surface area contributed by atoms with Gasteiger partial charge in [-0.3, -0.25) is 0 Å². The molecule has 14 heavy (non-hydrogen) atoms. The van der Waals surface area contributed by atoms with Crippen LogP contribution in [0, 0.1) is 13.8 Å². The first-order chi connectivity index (χ1) is 6.70. The summed E-state index contributed by atoms with van der Waals surface area (Å²) < 4.78 is 1.73. The highest BCUT2D eigenvalue weighted by atomic mass is 35.5. The molecule has 0 aliphatic carbocycles. The molecule has 0 saturated carbocycles. The molecule has 0 N–H and O–H groups in total. The third-order valence-corrected chi connectivity index (χ3v) is 2.87. The van der Waals surface area contributed by atoms with E-state index in [1.54, 1.807) is 4.68 Å². The van der Waals surface area contributed by atoms with E-state index in [2.05, 4.69) is 15.1 Å². The average molecular weight is 229 g/mol. The van der Waals surface area contributed by atoms with Gasteiger partial charge in [-0.05, 0) is 13.8 Å². The van der Waals surface area contributed by atoms with Gasteiger partial charge in [-0.25, -0.2) is 9.97 Å². The third-order valence-electron chi connectivity index (χ3n) is 1.73. The summed E-state index contributed by atoms with van der Waals surface area (Å²) in [4.78, 5) is 8.53. The Labute approximate surface area is 90.6 Å². The monoisotopic (exact) mass is 228 g/mol. The van der Waals surface area contributed by atoms with E-state index in [-0.39, 0.29) is 0 Å². The minimum Gasteiger partial charge on any atom is -0.222 e. The predicted molar refractivity (Wildman–Crippen MR) is 56.1 cm³/mol. The predicted octanol–water partition coefficient (Wildman–Crippen LogP) is 2.08. The van der Waals surface area contributed by atoms with E-state index in [1.807, 2.05) is 19.2 Å². The van der Waals surface area contributed by atoms with E-state index in [1.165, 1.54) is 11.3 Å². The molecule has 0 aromatic carbocycles. The van der Waals surface area contributed by atoms with Gasteiger partial charge in [0.25, 0.3) is 0 Å².